The number of amides is 1. The molecule has 9 N–H and O–H groups in total. The minimum absolute atomic E-state index is 0.0247. The van der Waals surface area contributed by atoms with Crippen LogP contribution in [0.15, 0.2) is 24.8 Å². The Morgan fingerprint density at radius 3 is 2.57 bits per heavy atom. The van der Waals surface area contributed by atoms with Crippen LogP contribution < -0.4 is 15.6 Å². The monoisotopic (exact) mass is 674 g/mol. The lowest BCUT2D eigenvalue weighted by atomic mass is 10.1. The Kier molecular flexibility index (Phi) is 8.33. The zero-order chi connectivity index (χ0) is 30.6. The van der Waals surface area contributed by atoms with Gasteiger partial charge >= 0.3 is 23.5 Å². The fraction of sp³-hybridized carbons (Fsp3) is 0.412. The number of nitrogens with one attached hydrogen (secondary N) is 3. The molecule has 21 nitrogen and oxygen atoms in total. The van der Waals surface area contributed by atoms with Gasteiger partial charge in [-0.25, -0.2) is 23.2 Å². The highest BCUT2D eigenvalue weighted by atomic mass is 32.1. The van der Waals surface area contributed by atoms with E-state index in [0.29, 0.717) is 16.9 Å². The van der Waals surface area contributed by atoms with Crippen molar-refractivity contribution in [3.05, 3.63) is 29.4 Å². The van der Waals surface area contributed by atoms with Crippen LogP contribution in [0.2, 0.25) is 0 Å². The summed E-state index contributed by atoms with van der Waals surface area (Å²) in [5, 5.41) is 2.62. The first-order valence-corrected chi connectivity index (χ1v) is 16.4. The van der Waals surface area contributed by atoms with Gasteiger partial charge in [-0.05, 0) is 6.07 Å². The summed E-state index contributed by atoms with van der Waals surface area (Å²) in [7, 11) is -15.1. The van der Waals surface area contributed by atoms with Crippen molar-refractivity contribution < 1.29 is 70.0 Å². The number of nitrogens with two attached hydrogens (primary N) is 1. The number of rotatable bonds is 10. The molecule has 3 aromatic heterocycles. The molecule has 5 heterocycles. The second-order valence-electron chi connectivity index (χ2n) is 8.87. The predicted octanol–water partition coefficient (Wildman–Crippen LogP) is -0.182. The Morgan fingerprint density at radius 2 is 1.90 bits per heavy atom. The standard InChI is InChI=1S/C17H22N7O14P3S/c1-23-3-2-7(4-23)20-13(25)16-35-10-8(5-33-40(29,30)38-41(31,32)37-39(26,27)28)34-15(11(10)36-16)24-6-19-9-12(24)21-17(18)22-14(9)42/h2-4,6,8,10-11,15-16H,5H2,1H3,(H8,18,20,21,22,25,26,27,28,29,30,31,32,42)/p+1. The molecular formula is C17H23N7O14P3S+. The number of hydrogen-bond acceptors (Lipinski definition) is 13. The van der Waals surface area contributed by atoms with E-state index in [2.05, 4.69) is 28.9 Å². The van der Waals surface area contributed by atoms with Gasteiger partial charge in [0.1, 0.15) is 18.3 Å². The van der Waals surface area contributed by atoms with E-state index in [-0.39, 0.29) is 10.6 Å². The maximum absolute atomic E-state index is 12.9. The van der Waals surface area contributed by atoms with Gasteiger partial charge in [-0.1, -0.05) is 12.2 Å². The fourth-order valence-corrected chi connectivity index (χ4v) is 7.55. The Balaban J connectivity index is 1.38. The third-order valence-corrected chi connectivity index (χ3v) is 9.88. The molecule has 5 rings (SSSR count). The maximum atomic E-state index is 12.9. The average Bonchev–Trinajstić information content (AvgIpc) is 3.59. The largest absolute Gasteiger partial charge is 0.490 e. The molecule has 2 aliphatic heterocycles. The molecule has 230 valence electrons. The van der Waals surface area contributed by atoms with Crippen LogP contribution in [0.1, 0.15) is 6.23 Å². The topological polar surface area (TPSA) is 296 Å². The number of nitrogens with zero attached hydrogens (tertiary/aromatic N) is 3. The number of imidazole rings is 1. The number of ether oxygens (including phenoxy) is 3. The highest BCUT2D eigenvalue weighted by molar-refractivity contribution is 7.71. The van der Waals surface area contributed by atoms with E-state index in [1.54, 1.807) is 30.1 Å². The fourth-order valence-electron chi connectivity index (χ4n) is 4.27. The number of aromatic amines is 2. The second-order valence-corrected chi connectivity index (χ2v) is 13.7. The van der Waals surface area contributed by atoms with Crippen molar-refractivity contribution in [2.75, 3.05) is 17.7 Å². The summed E-state index contributed by atoms with van der Waals surface area (Å²) in [4.78, 5) is 59.3. The molecule has 2 fully saturated rings. The number of carbonyl (C=O) groups excluding carboxylic acids is 1. The molecule has 7 atom stereocenters. The number of anilines is 2. The molecule has 0 aromatic carbocycles. The summed E-state index contributed by atoms with van der Waals surface area (Å²) in [6.07, 6.45) is -1.27. The summed E-state index contributed by atoms with van der Waals surface area (Å²) >= 11 is 5.22. The van der Waals surface area contributed by atoms with Gasteiger partial charge in [0.2, 0.25) is 18.0 Å². The minimum Gasteiger partial charge on any atom is -0.356 e. The van der Waals surface area contributed by atoms with Crippen LogP contribution in [0.4, 0.5) is 11.6 Å². The van der Waals surface area contributed by atoms with Gasteiger partial charge in [0.15, 0.2) is 11.0 Å². The van der Waals surface area contributed by atoms with Gasteiger partial charge in [0.05, 0.1) is 12.3 Å². The van der Waals surface area contributed by atoms with E-state index in [4.69, 9.17) is 46.5 Å². The van der Waals surface area contributed by atoms with Crippen LogP contribution in [0.5, 0.6) is 0 Å². The number of hydrogen-bond donors (Lipinski definition) is 8. The molecule has 0 spiro atoms. The molecule has 1 amide bonds. The van der Waals surface area contributed by atoms with Gasteiger partial charge < -0.3 is 49.4 Å². The van der Waals surface area contributed by atoms with Crippen molar-refractivity contribution >= 4 is 64.4 Å². The van der Waals surface area contributed by atoms with Crippen LogP contribution in [0.3, 0.4) is 0 Å². The number of aromatic nitrogens is 5. The zero-order valence-electron chi connectivity index (χ0n) is 20.9. The highest BCUT2D eigenvalue weighted by Gasteiger charge is 2.57. The Bertz CT molecular complexity index is 1720. The lowest BCUT2D eigenvalue weighted by Crippen LogP contribution is -2.46. The number of aryl methyl sites for hydroxylation is 1. The number of phosphoric ester groups is 1. The molecule has 0 radical (unpaired) electrons. The molecule has 2 saturated heterocycles. The Morgan fingerprint density at radius 1 is 1.19 bits per heavy atom. The van der Waals surface area contributed by atoms with Crippen molar-refractivity contribution in [3.8, 4) is 0 Å². The summed E-state index contributed by atoms with van der Waals surface area (Å²) in [6, 6.07) is 1.63. The summed E-state index contributed by atoms with van der Waals surface area (Å²) in [6.45, 7) is -0.861. The number of phosphoric acid groups is 3. The van der Waals surface area contributed by atoms with Crippen molar-refractivity contribution in [1.29, 1.82) is 0 Å². The van der Waals surface area contributed by atoms with E-state index >= 15 is 0 Å². The third-order valence-electron chi connectivity index (χ3n) is 5.78. The maximum Gasteiger partial charge on any atom is 0.490 e. The van der Waals surface area contributed by atoms with E-state index < -0.39 is 66.8 Å². The number of nitrogen functional groups attached to an aromatic ring is 1. The first-order valence-electron chi connectivity index (χ1n) is 11.5. The van der Waals surface area contributed by atoms with Crippen LogP contribution in [-0.2, 0) is 52.9 Å². The number of carbonyl (C=O) groups is 1. The van der Waals surface area contributed by atoms with E-state index in [1.807, 2.05) is 0 Å². The summed E-state index contributed by atoms with van der Waals surface area (Å²) in [5.41, 5.74) is 6.93. The first-order chi connectivity index (χ1) is 19.5. The van der Waals surface area contributed by atoms with Crippen molar-refractivity contribution in [2.24, 2.45) is 7.05 Å². The molecule has 0 bridgehead atoms. The van der Waals surface area contributed by atoms with Crippen LogP contribution >= 0.6 is 35.7 Å². The molecule has 42 heavy (non-hydrogen) atoms. The Labute approximate surface area is 238 Å². The molecule has 0 aliphatic carbocycles. The molecule has 3 aromatic rings. The van der Waals surface area contributed by atoms with Crippen molar-refractivity contribution in [1.82, 2.24) is 19.5 Å². The smallest absolute Gasteiger partial charge is 0.356 e. The molecular weight excluding hydrogens is 651 g/mol. The van der Waals surface area contributed by atoms with Gasteiger partial charge in [0, 0.05) is 19.4 Å². The lowest BCUT2D eigenvalue weighted by Gasteiger charge is -2.21. The van der Waals surface area contributed by atoms with E-state index in [1.165, 1.54) is 10.9 Å². The Hall–Kier alpha value is -2.39. The highest BCUT2D eigenvalue weighted by Crippen LogP contribution is 2.66. The number of fused-ring (bicyclic) bond motifs is 2. The van der Waals surface area contributed by atoms with Gasteiger partial charge in [-0.3, -0.25) is 14.3 Å². The van der Waals surface area contributed by atoms with Crippen LogP contribution in [-0.4, -0.2) is 76.2 Å². The van der Waals surface area contributed by atoms with E-state index in [9.17, 15) is 28.3 Å². The van der Waals surface area contributed by atoms with Gasteiger partial charge in [-0.2, -0.15) is 13.6 Å². The first kappa shape index (κ1) is 31.0. The van der Waals surface area contributed by atoms with Crippen molar-refractivity contribution in [3.63, 3.8) is 0 Å². The quantitative estimate of drug-likeness (QED) is 0.0785. The zero-order valence-corrected chi connectivity index (χ0v) is 24.4. The van der Waals surface area contributed by atoms with Crippen LogP contribution in [0.25, 0.3) is 11.2 Å². The predicted molar refractivity (Wildman–Crippen MR) is 137 cm³/mol. The summed E-state index contributed by atoms with van der Waals surface area (Å²) in [5.74, 6) is -0.707. The van der Waals surface area contributed by atoms with Gasteiger partial charge in [-0.15, -0.1) is 0 Å². The SMILES string of the molecule is Cn1ccc(NC(=O)C2OC3C(COP(=O)(O)OP(=O)(O)OP(=O)(O)O)OC([n+]4c[nH]c5c(=S)nc(N)[nH]c54)C3O2)c1. The van der Waals surface area contributed by atoms with E-state index in [0.717, 1.165) is 0 Å². The van der Waals surface area contributed by atoms with Crippen LogP contribution in [0, 0.1) is 4.64 Å². The molecule has 0 saturated carbocycles. The third kappa shape index (κ3) is 6.88. The minimum atomic E-state index is -5.75. The normalized spacial score (nSPS) is 27.0. The summed E-state index contributed by atoms with van der Waals surface area (Å²) < 4.78 is 68.0. The molecule has 25 heteroatoms. The average molecular weight is 674 g/mol. The van der Waals surface area contributed by atoms with Gasteiger partial charge in [0.25, 0.3) is 17.5 Å². The van der Waals surface area contributed by atoms with Crippen molar-refractivity contribution in [2.45, 2.75) is 30.8 Å². The molecule has 7 unspecified atom stereocenters. The lowest BCUT2D eigenvalue weighted by molar-refractivity contribution is -0.745. The second kappa shape index (κ2) is 11.3. The molecule has 2 aliphatic rings. The number of H-pyrrole nitrogens is 2.